The van der Waals surface area contributed by atoms with E-state index in [1.54, 1.807) is 6.26 Å². The second-order valence-electron chi connectivity index (χ2n) is 7.70. The Hall–Kier alpha value is -1.25. The molecule has 1 aliphatic rings. The minimum atomic E-state index is -0.240. The smallest absolute Gasteiger partial charge is 0.242 e. The molecule has 1 saturated carbocycles. The van der Waals surface area contributed by atoms with Gasteiger partial charge in [0.25, 0.3) is 0 Å². The van der Waals surface area contributed by atoms with E-state index in [0.717, 1.165) is 25.0 Å². The number of guanidine groups is 1. The van der Waals surface area contributed by atoms with E-state index in [0.29, 0.717) is 18.5 Å². The van der Waals surface area contributed by atoms with Gasteiger partial charge in [-0.15, -0.1) is 24.0 Å². The number of furan rings is 1. The average Bonchev–Trinajstić information content (AvgIpc) is 3.05. The highest BCUT2D eigenvalue weighted by Crippen LogP contribution is 2.17. The van der Waals surface area contributed by atoms with Crippen LogP contribution in [0.3, 0.4) is 0 Å². The molecule has 0 unspecified atom stereocenters. The van der Waals surface area contributed by atoms with E-state index in [1.165, 1.54) is 19.3 Å². The number of rotatable bonds is 6. The third-order valence-electron chi connectivity index (χ3n) is 4.09. The highest BCUT2D eigenvalue weighted by molar-refractivity contribution is 14.0. The first-order valence-electron chi connectivity index (χ1n) is 9.30. The fourth-order valence-electron chi connectivity index (χ4n) is 2.96. The van der Waals surface area contributed by atoms with Crippen molar-refractivity contribution in [3.63, 3.8) is 0 Å². The first-order valence-corrected chi connectivity index (χ1v) is 9.30. The Morgan fingerprint density at radius 3 is 2.62 bits per heavy atom. The molecule has 7 heteroatoms. The van der Waals surface area contributed by atoms with Gasteiger partial charge in [-0.3, -0.25) is 4.79 Å². The monoisotopic (exact) mass is 476 g/mol. The molecule has 2 rings (SSSR count). The van der Waals surface area contributed by atoms with Gasteiger partial charge in [-0.1, -0.05) is 19.3 Å². The molecule has 1 aromatic heterocycles. The van der Waals surface area contributed by atoms with Gasteiger partial charge < -0.3 is 20.4 Å². The summed E-state index contributed by atoms with van der Waals surface area (Å²) in [6.45, 7) is 6.75. The normalized spacial score (nSPS) is 15.9. The van der Waals surface area contributed by atoms with Gasteiger partial charge in [-0.25, -0.2) is 4.99 Å². The number of halogens is 1. The number of amides is 1. The molecule has 3 N–H and O–H groups in total. The van der Waals surface area contributed by atoms with Crippen LogP contribution in [0.25, 0.3) is 0 Å². The Balaban J connectivity index is 0.00000338. The predicted molar refractivity (Wildman–Crippen MR) is 116 cm³/mol. The van der Waals surface area contributed by atoms with Gasteiger partial charge in [0.1, 0.15) is 12.3 Å². The third-order valence-corrected chi connectivity index (χ3v) is 4.09. The van der Waals surface area contributed by atoms with Crippen molar-refractivity contribution < 1.29 is 9.21 Å². The molecule has 1 aliphatic carbocycles. The summed E-state index contributed by atoms with van der Waals surface area (Å²) >= 11 is 0. The summed E-state index contributed by atoms with van der Waals surface area (Å²) in [6, 6.07) is 4.29. The van der Waals surface area contributed by atoms with Crippen LogP contribution in [0.2, 0.25) is 0 Å². The molecule has 6 nitrogen and oxygen atoms in total. The molecule has 0 atom stereocenters. The fraction of sp³-hybridized carbons (Fsp3) is 0.684. The third kappa shape index (κ3) is 9.45. The van der Waals surface area contributed by atoms with Crippen LogP contribution >= 0.6 is 24.0 Å². The Bertz CT molecular complexity index is 546. The van der Waals surface area contributed by atoms with Crippen LogP contribution < -0.4 is 16.0 Å². The van der Waals surface area contributed by atoms with Crippen molar-refractivity contribution in [2.24, 2.45) is 4.99 Å². The Labute approximate surface area is 174 Å². The van der Waals surface area contributed by atoms with Crippen LogP contribution in [0, 0.1) is 0 Å². The summed E-state index contributed by atoms with van der Waals surface area (Å²) in [6.07, 6.45) is 8.60. The van der Waals surface area contributed by atoms with Crippen molar-refractivity contribution in [1.82, 2.24) is 16.0 Å². The number of carbonyl (C=O) groups is 1. The molecule has 0 spiro atoms. The second kappa shape index (κ2) is 11.5. The lowest BCUT2D eigenvalue weighted by atomic mass is 9.96. The topological polar surface area (TPSA) is 78.7 Å². The summed E-state index contributed by atoms with van der Waals surface area (Å²) < 4.78 is 5.35. The van der Waals surface area contributed by atoms with Crippen molar-refractivity contribution in [3.8, 4) is 0 Å². The molecule has 0 saturated heterocycles. The number of aliphatic imine (C=N–C) groups is 1. The molecular weight excluding hydrogens is 443 g/mol. The summed E-state index contributed by atoms with van der Waals surface area (Å²) in [5.41, 5.74) is -0.240. The van der Waals surface area contributed by atoms with E-state index >= 15 is 0 Å². The van der Waals surface area contributed by atoms with Gasteiger partial charge in [-0.05, 0) is 45.7 Å². The maximum atomic E-state index is 12.0. The van der Waals surface area contributed by atoms with Crippen LogP contribution in [0.1, 0.15) is 58.6 Å². The standard InChI is InChI=1S/C19H32N4O2.HI/c1-19(2,3)23-17(24)14-21-18(22-15-8-5-4-6-9-15)20-12-11-16-10-7-13-25-16;/h7,10,13,15H,4-6,8-9,11-12,14H2,1-3H3,(H,23,24)(H2,20,21,22);1H. The van der Waals surface area contributed by atoms with Gasteiger partial charge >= 0.3 is 0 Å². The summed E-state index contributed by atoms with van der Waals surface area (Å²) in [5, 5.41) is 9.74. The maximum Gasteiger partial charge on any atom is 0.242 e. The molecule has 1 amide bonds. The average molecular weight is 476 g/mol. The molecule has 1 heterocycles. The Kier molecular flexibility index (Phi) is 10.0. The highest BCUT2D eigenvalue weighted by atomic mass is 127. The van der Waals surface area contributed by atoms with Gasteiger partial charge in [0.15, 0.2) is 5.96 Å². The lowest BCUT2D eigenvalue weighted by molar-refractivity contribution is -0.121. The zero-order valence-electron chi connectivity index (χ0n) is 16.1. The van der Waals surface area contributed by atoms with Crippen LogP contribution in [0.4, 0.5) is 0 Å². The molecule has 0 aromatic carbocycles. The van der Waals surface area contributed by atoms with E-state index < -0.39 is 0 Å². The van der Waals surface area contributed by atoms with Crippen molar-refractivity contribution in [2.75, 3.05) is 13.1 Å². The summed E-state index contributed by atoms with van der Waals surface area (Å²) in [7, 11) is 0. The summed E-state index contributed by atoms with van der Waals surface area (Å²) in [4.78, 5) is 16.5. The van der Waals surface area contributed by atoms with Crippen molar-refractivity contribution in [1.29, 1.82) is 0 Å². The Morgan fingerprint density at radius 2 is 2.00 bits per heavy atom. The molecule has 1 fully saturated rings. The van der Waals surface area contributed by atoms with E-state index in [9.17, 15) is 4.79 Å². The van der Waals surface area contributed by atoms with Crippen molar-refractivity contribution >= 4 is 35.8 Å². The van der Waals surface area contributed by atoms with E-state index in [2.05, 4.69) is 20.9 Å². The molecule has 0 bridgehead atoms. The van der Waals surface area contributed by atoms with Crippen LogP contribution in [-0.4, -0.2) is 36.5 Å². The highest BCUT2D eigenvalue weighted by Gasteiger charge is 2.16. The fourth-order valence-corrected chi connectivity index (χ4v) is 2.96. The summed E-state index contributed by atoms with van der Waals surface area (Å²) in [5.74, 6) is 1.58. The second-order valence-corrected chi connectivity index (χ2v) is 7.70. The van der Waals surface area contributed by atoms with Gasteiger partial charge in [0, 0.05) is 24.5 Å². The predicted octanol–water partition coefficient (Wildman–Crippen LogP) is 3.22. The van der Waals surface area contributed by atoms with E-state index in [-0.39, 0.29) is 42.0 Å². The SMILES string of the molecule is CC(C)(C)NC(=O)CN=C(NCCc1ccco1)NC1CCCCC1.I. The number of carbonyl (C=O) groups excluding carboxylic acids is 1. The van der Waals surface area contributed by atoms with E-state index in [1.807, 2.05) is 32.9 Å². The number of nitrogens with zero attached hydrogens (tertiary/aromatic N) is 1. The zero-order valence-corrected chi connectivity index (χ0v) is 18.5. The van der Waals surface area contributed by atoms with Gasteiger partial charge in [0.05, 0.1) is 6.26 Å². The van der Waals surface area contributed by atoms with Crippen molar-refractivity contribution in [3.05, 3.63) is 24.2 Å². The van der Waals surface area contributed by atoms with E-state index in [4.69, 9.17) is 4.42 Å². The van der Waals surface area contributed by atoms with Crippen LogP contribution in [-0.2, 0) is 11.2 Å². The lowest BCUT2D eigenvalue weighted by Gasteiger charge is -2.25. The molecular formula is C19H33IN4O2. The lowest BCUT2D eigenvalue weighted by Crippen LogP contribution is -2.46. The minimum absolute atomic E-state index is 0. The first kappa shape index (κ1) is 22.8. The molecule has 26 heavy (non-hydrogen) atoms. The molecule has 0 radical (unpaired) electrons. The van der Waals surface area contributed by atoms with Crippen molar-refractivity contribution in [2.45, 2.75) is 70.9 Å². The van der Waals surface area contributed by atoms with Gasteiger partial charge in [-0.2, -0.15) is 0 Å². The first-order chi connectivity index (χ1) is 11.9. The molecule has 148 valence electrons. The van der Waals surface area contributed by atoms with Gasteiger partial charge in [0.2, 0.25) is 5.91 Å². The quantitative estimate of drug-likeness (QED) is 0.335. The maximum absolute atomic E-state index is 12.0. The Morgan fingerprint density at radius 1 is 1.27 bits per heavy atom. The number of nitrogens with one attached hydrogen (secondary N) is 3. The number of hydrogen-bond donors (Lipinski definition) is 3. The van der Waals surface area contributed by atoms with Crippen LogP contribution in [0.5, 0.6) is 0 Å². The minimum Gasteiger partial charge on any atom is -0.469 e. The molecule has 0 aliphatic heterocycles. The largest absolute Gasteiger partial charge is 0.469 e. The zero-order chi connectivity index (χ0) is 18.1. The number of hydrogen-bond acceptors (Lipinski definition) is 3. The van der Waals surface area contributed by atoms with Crippen LogP contribution in [0.15, 0.2) is 27.8 Å². The molecule has 1 aromatic rings.